The second-order valence-corrected chi connectivity index (χ2v) is 3.51. The lowest BCUT2D eigenvalue weighted by Crippen LogP contribution is -2.23. The summed E-state index contributed by atoms with van der Waals surface area (Å²) in [5, 5.41) is 0. The predicted octanol–water partition coefficient (Wildman–Crippen LogP) is 2.24. The molecule has 1 fully saturated rings. The fourth-order valence-electron chi connectivity index (χ4n) is 1.43. The van der Waals surface area contributed by atoms with E-state index in [4.69, 9.17) is 0 Å². The van der Waals surface area contributed by atoms with Crippen LogP contribution in [-0.2, 0) is 0 Å². The number of anilines is 1. The molecule has 1 aliphatic rings. The Kier molecular flexibility index (Phi) is 2.28. The van der Waals surface area contributed by atoms with Crippen molar-refractivity contribution in [2.45, 2.75) is 18.9 Å². The molecule has 0 spiro atoms. The van der Waals surface area contributed by atoms with Gasteiger partial charge in [-0.3, -0.25) is 0 Å². The Morgan fingerprint density at radius 3 is 1.93 bits per heavy atom. The predicted molar refractivity (Wildman–Crippen MR) is 45.5 cm³/mol. The van der Waals surface area contributed by atoms with Gasteiger partial charge in [-0.25, -0.2) is 0 Å². The second kappa shape index (κ2) is 3.36. The monoisotopic (exact) mass is 220 g/mol. The SMILES string of the molecule is CN(c1c(F)c(F)nc(F)c1F)C1CC1. The van der Waals surface area contributed by atoms with Crippen LogP contribution in [0.5, 0.6) is 0 Å². The number of hydrogen-bond donors (Lipinski definition) is 0. The van der Waals surface area contributed by atoms with Gasteiger partial charge in [0.05, 0.1) is 0 Å². The third-order valence-corrected chi connectivity index (χ3v) is 2.42. The van der Waals surface area contributed by atoms with Gasteiger partial charge >= 0.3 is 0 Å². The first-order valence-corrected chi connectivity index (χ1v) is 4.45. The molecule has 2 nitrogen and oxygen atoms in total. The van der Waals surface area contributed by atoms with Crippen molar-refractivity contribution >= 4 is 5.69 Å². The Bertz CT molecular complexity index is 377. The number of halogens is 4. The first-order valence-electron chi connectivity index (χ1n) is 4.45. The van der Waals surface area contributed by atoms with Gasteiger partial charge in [-0.15, -0.1) is 0 Å². The van der Waals surface area contributed by atoms with E-state index in [1.165, 1.54) is 11.9 Å². The molecule has 15 heavy (non-hydrogen) atoms. The van der Waals surface area contributed by atoms with Crippen molar-refractivity contribution in [3.05, 3.63) is 23.5 Å². The average molecular weight is 220 g/mol. The summed E-state index contributed by atoms with van der Waals surface area (Å²) in [5.74, 6) is -6.11. The molecule has 82 valence electrons. The second-order valence-electron chi connectivity index (χ2n) is 3.51. The standard InChI is InChI=1S/C9H8F4N2/c1-15(4-2-3-4)7-5(10)8(12)14-9(13)6(7)11/h4H,2-3H2,1H3. The highest BCUT2D eigenvalue weighted by Crippen LogP contribution is 2.34. The molecule has 0 radical (unpaired) electrons. The van der Waals surface area contributed by atoms with Crippen molar-refractivity contribution in [3.63, 3.8) is 0 Å². The van der Waals surface area contributed by atoms with Crippen LogP contribution in [0, 0.1) is 23.5 Å². The van der Waals surface area contributed by atoms with Crippen molar-refractivity contribution in [1.82, 2.24) is 4.98 Å². The molecule has 6 heteroatoms. The Balaban J connectivity index is 2.52. The number of nitrogens with zero attached hydrogens (tertiary/aromatic N) is 2. The van der Waals surface area contributed by atoms with E-state index in [-0.39, 0.29) is 6.04 Å². The molecule has 1 saturated carbocycles. The van der Waals surface area contributed by atoms with Crippen LogP contribution in [0.1, 0.15) is 12.8 Å². The zero-order valence-corrected chi connectivity index (χ0v) is 7.90. The van der Waals surface area contributed by atoms with E-state index < -0.39 is 29.2 Å². The normalized spacial score (nSPS) is 15.5. The van der Waals surface area contributed by atoms with E-state index in [0.717, 1.165) is 12.8 Å². The molecule has 0 aromatic carbocycles. The lowest BCUT2D eigenvalue weighted by molar-refractivity contribution is 0.407. The molecule has 1 aliphatic carbocycles. The molecule has 1 aromatic rings. The molecule has 1 heterocycles. The highest BCUT2D eigenvalue weighted by molar-refractivity contribution is 5.49. The molecule has 0 aliphatic heterocycles. The third-order valence-electron chi connectivity index (χ3n) is 2.42. The summed E-state index contributed by atoms with van der Waals surface area (Å²) in [6, 6.07) is -0.0461. The summed E-state index contributed by atoms with van der Waals surface area (Å²) in [7, 11) is 1.40. The molecule has 2 rings (SSSR count). The molecule has 0 amide bonds. The van der Waals surface area contributed by atoms with Crippen molar-refractivity contribution in [3.8, 4) is 0 Å². The molecule has 0 saturated heterocycles. The molecule has 0 bridgehead atoms. The maximum absolute atomic E-state index is 13.2. The first kappa shape index (κ1) is 10.2. The maximum atomic E-state index is 13.2. The molecular formula is C9H8F4N2. The van der Waals surface area contributed by atoms with Gasteiger partial charge in [-0.05, 0) is 12.8 Å². The van der Waals surface area contributed by atoms with Crippen molar-refractivity contribution in [1.29, 1.82) is 0 Å². The smallest absolute Gasteiger partial charge is 0.253 e. The number of hydrogen-bond acceptors (Lipinski definition) is 2. The van der Waals surface area contributed by atoms with Crippen LogP contribution in [0.4, 0.5) is 23.2 Å². The van der Waals surface area contributed by atoms with Crippen molar-refractivity contribution < 1.29 is 17.6 Å². The van der Waals surface area contributed by atoms with E-state index >= 15 is 0 Å². The van der Waals surface area contributed by atoms with Crippen LogP contribution >= 0.6 is 0 Å². The van der Waals surface area contributed by atoms with Crippen LogP contribution in [0.25, 0.3) is 0 Å². The highest BCUT2D eigenvalue weighted by atomic mass is 19.2. The van der Waals surface area contributed by atoms with E-state index in [9.17, 15) is 17.6 Å². The summed E-state index contributed by atoms with van der Waals surface area (Å²) in [5.41, 5.74) is -0.678. The van der Waals surface area contributed by atoms with Gasteiger partial charge in [-0.1, -0.05) is 0 Å². The van der Waals surface area contributed by atoms with Gasteiger partial charge < -0.3 is 4.90 Å². The summed E-state index contributed by atoms with van der Waals surface area (Å²) >= 11 is 0. The first-order chi connectivity index (χ1) is 7.02. The molecular weight excluding hydrogens is 212 g/mol. The maximum Gasteiger partial charge on any atom is 0.253 e. The highest BCUT2D eigenvalue weighted by Gasteiger charge is 2.32. The minimum atomic E-state index is -1.61. The van der Waals surface area contributed by atoms with E-state index in [1.807, 2.05) is 0 Å². The van der Waals surface area contributed by atoms with Gasteiger partial charge in [0.25, 0.3) is 11.9 Å². The lowest BCUT2D eigenvalue weighted by Gasteiger charge is -2.19. The molecule has 1 aromatic heterocycles. The summed E-state index contributed by atoms with van der Waals surface area (Å²) in [6.45, 7) is 0. The largest absolute Gasteiger partial charge is 0.367 e. The lowest BCUT2D eigenvalue weighted by atomic mass is 10.3. The van der Waals surface area contributed by atoms with Gasteiger partial charge in [0.2, 0.25) is 11.6 Å². The van der Waals surface area contributed by atoms with E-state index in [0.29, 0.717) is 0 Å². The van der Waals surface area contributed by atoms with Crippen LogP contribution in [-0.4, -0.2) is 18.1 Å². The van der Waals surface area contributed by atoms with Crippen molar-refractivity contribution in [2.75, 3.05) is 11.9 Å². The Morgan fingerprint density at radius 1 is 1.07 bits per heavy atom. The van der Waals surface area contributed by atoms with Gasteiger partial charge in [0.15, 0.2) is 0 Å². The van der Waals surface area contributed by atoms with E-state index in [2.05, 4.69) is 4.98 Å². The Morgan fingerprint density at radius 2 is 1.53 bits per heavy atom. The molecule has 0 N–H and O–H groups in total. The third kappa shape index (κ3) is 1.64. The van der Waals surface area contributed by atoms with Crippen LogP contribution in [0.3, 0.4) is 0 Å². The van der Waals surface area contributed by atoms with Crippen molar-refractivity contribution in [2.24, 2.45) is 0 Å². The van der Waals surface area contributed by atoms with Gasteiger partial charge in [-0.2, -0.15) is 22.5 Å². The van der Waals surface area contributed by atoms with Crippen LogP contribution in [0.15, 0.2) is 0 Å². The minimum Gasteiger partial charge on any atom is -0.367 e. The Labute approximate surface area is 83.5 Å². The van der Waals surface area contributed by atoms with Crippen LogP contribution in [0.2, 0.25) is 0 Å². The summed E-state index contributed by atoms with van der Waals surface area (Å²) < 4.78 is 51.9. The Hall–Kier alpha value is -1.33. The fraction of sp³-hybridized carbons (Fsp3) is 0.444. The fourth-order valence-corrected chi connectivity index (χ4v) is 1.43. The van der Waals surface area contributed by atoms with Gasteiger partial charge in [0.1, 0.15) is 5.69 Å². The molecule has 0 unspecified atom stereocenters. The topological polar surface area (TPSA) is 16.1 Å². The van der Waals surface area contributed by atoms with Crippen LogP contribution < -0.4 is 4.90 Å². The zero-order chi connectivity index (χ0) is 11.2. The minimum absolute atomic E-state index is 0.0461. The zero-order valence-electron chi connectivity index (χ0n) is 7.90. The average Bonchev–Trinajstić information content (AvgIpc) is 2.98. The summed E-state index contributed by atoms with van der Waals surface area (Å²) in [6.07, 6.45) is 1.53. The quantitative estimate of drug-likeness (QED) is 0.561. The van der Waals surface area contributed by atoms with Gasteiger partial charge in [0, 0.05) is 13.1 Å². The number of pyridine rings is 1. The summed E-state index contributed by atoms with van der Waals surface area (Å²) in [4.78, 5) is 3.69. The van der Waals surface area contributed by atoms with E-state index in [1.54, 1.807) is 0 Å². The molecule has 0 atom stereocenters. The number of aromatic nitrogens is 1. The number of rotatable bonds is 2.